The molecule has 1 aromatic carbocycles. The van der Waals surface area contributed by atoms with Crippen LogP contribution in [0.5, 0.6) is 0 Å². The second-order valence-electron chi connectivity index (χ2n) is 4.89. The highest BCUT2D eigenvalue weighted by Crippen LogP contribution is 1.98. The molecule has 106 valence electrons. The van der Waals surface area contributed by atoms with E-state index < -0.39 is 5.63 Å². The number of H-pyrrole nitrogens is 1. The summed E-state index contributed by atoms with van der Waals surface area (Å²) in [4.78, 5) is 23.4. The van der Waals surface area contributed by atoms with Gasteiger partial charge >= 0.3 is 5.63 Å². The van der Waals surface area contributed by atoms with Gasteiger partial charge in [0.1, 0.15) is 11.0 Å². The standard InChI is InChI=1S/C17H11N3O2/c21-17-15(8-11-4-3-7-18-10-11)20-16(22-17)14-9-12-5-1-2-6-13(12)19-14/h1-10,20H/b15-8+,16-14?. The van der Waals surface area contributed by atoms with Gasteiger partial charge in [-0.3, -0.25) is 4.98 Å². The van der Waals surface area contributed by atoms with Crippen LogP contribution in [-0.4, -0.2) is 9.97 Å². The van der Waals surface area contributed by atoms with Gasteiger partial charge in [0, 0.05) is 17.6 Å². The van der Waals surface area contributed by atoms with E-state index in [4.69, 9.17) is 4.42 Å². The normalized spacial score (nSPS) is 16.1. The number of rotatable bonds is 1. The van der Waals surface area contributed by atoms with E-state index in [1.165, 1.54) is 0 Å². The molecule has 0 atom stereocenters. The molecule has 0 amide bonds. The molecular formula is C17H11N3O2. The van der Waals surface area contributed by atoms with Crippen molar-refractivity contribution in [1.82, 2.24) is 9.97 Å². The van der Waals surface area contributed by atoms with E-state index in [2.05, 4.69) is 15.0 Å². The highest BCUT2D eigenvalue weighted by Gasteiger charge is 2.05. The van der Waals surface area contributed by atoms with Gasteiger partial charge in [0.2, 0.25) is 5.55 Å². The number of aromatic amines is 1. The van der Waals surface area contributed by atoms with Gasteiger partial charge in [-0.05, 0) is 29.8 Å². The van der Waals surface area contributed by atoms with Crippen LogP contribution >= 0.6 is 0 Å². The van der Waals surface area contributed by atoms with Gasteiger partial charge in [0.15, 0.2) is 0 Å². The van der Waals surface area contributed by atoms with Crippen LogP contribution < -0.4 is 27.1 Å². The predicted octanol–water partition coefficient (Wildman–Crippen LogP) is -0.586. The third-order valence-corrected chi connectivity index (χ3v) is 3.36. The molecule has 0 spiro atoms. The first kappa shape index (κ1) is 12.5. The minimum Gasteiger partial charge on any atom is -0.402 e. The number of fused-ring (bicyclic) bond motifs is 1. The molecule has 0 bridgehead atoms. The van der Waals surface area contributed by atoms with E-state index in [0.717, 1.165) is 16.1 Å². The molecule has 22 heavy (non-hydrogen) atoms. The molecule has 0 radical (unpaired) electrons. The maximum atomic E-state index is 12.0. The van der Waals surface area contributed by atoms with Crippen LogP contribution in [0.2, 0.25) is 0 Å². The molecule has 0 saturated heterocycles. The lowest BCUT2D eigenvalue weighted by atomic mass is 10.3. The minimum atomic E-state index is -0.425. The Hall–Kier alpha value is -3.21. The van der Waals surface area contributed by atoms with Crippen LogP contribution in [0.3, 0.4) is 0 Å². The SMILES string of the molecule is O=c1oc(=C2C=c3ccccc3=N2)[nH]/c1=C/c1cccnc1. The second-order valence-corrected chi connectivity index (χ2v) is 4.89. The highest BCUT2D eigenvalue weighted by molar-refractivity contribution is 5.75. The van der Waals surface area contributed by atoms with E-state index in [1.807, 2.05) is 42.5 Å². The number of aromatic nitrogens is 2. The van der Waals surface area contributed by atoms with Crippen LogP contribution in [0, 0.1) is 0 Å². The Morgan fingerprint density at radius 2 is 2.05 bits per heavy atom. The first-order valence-electron chi connectivity index (χ1n) is 6.80. The van der Waals surface area contributed by atoms with E-state index in [-0.39, 0.29) is 0 Å². The monoisotopic (exact) mass is 289 g/mol. The summed E-state index contributed by atoms with van der Waals surface area (Å²) in [6, 6.07) is 11.4. The number of benzene rings is 1. The number of hydrogen-bond donors (Lipinski definition) is 1. The number of para-hydroxylation sites is 1. The van der Waals surface area contributed by atoms with Gasteiger partial charge in [-0.1, -0.05) is 24.3 Å². The Morgan fingerprint density at radius 1 is 1.14 bits per heavy atom. The fraction of sp³-hybridized carbons (Fsp3) is 0. The number of pyridine rings is 1. The molecule has 1 N–H and O–H groups in total. The quantitative estimate of drug-likeness (QED) is 0.651. The summed E-state index contributed by atoms with van der Waals surface area (Å²) >= 11 is 0. The molecule has 5 heteroatoms. The van der Waals surface area contributed by atoms with Crippen LogP contribution in [0.1, 0.15) is 5.56 Å². The molecule has 5 nitrogen and oxygen atoms in total. The van der Waals surface area contributed by atoms with Crippen LogP contribution in [0.25, 0.3) is 17.8 Å². The molecule has 0 saturated carbocycles. The largest absolute Gasteiger partial charge is 0.402 e. The van der Waals surface area contributed by atoms with Crippen molar-refractivity contribution in [2.45, 2.75) is 0 Å². The number of hydrogen-bond acceptors (Lipinski definition) is 4. The molecule has 1 aliphatic rings. The zero-order chi connectivity index (χ0) is 14.9. The van der Waals surface area contributed by atoms with Crippen LogP contribution in [0.15, 0.2) is 63.0 Å². The lowest BCUT2D eigenvalue weighted by molar-refractivity contribution is 0.484. The summed E-state index contributed by atoms with van der Waals surface area (Å²) in [7, 11) is 0. The van der Waals surface area contributed by atoms with Gasteiger partial charge in [-0.2, -0.15) is 0 Å². The first-order valence-corrected chi connectivity index (χ1v) is 6.80. The molecule has 0 unspecified atom stereocenters. The number of nitrogens with zero attached hydrogens (tertiary/aromatic N) is 2. The third-order valence-electron chi connectivity index (χ3n) is 3.36. The van der Waals surface area contributed by atoms with Gasteiger partial charge in [0.05, 0.1) is 5.36 Å². The van der Waals surface area contributed by atoms with Crippen LogP contribution in [-0.2, 0) is 0 Å². The van der Waals surface area contributed by atoms with Crippen molar-refractivity contribution >= 4 is 17.8 Å². The van der Waals surface area contributed by atoms with Gasteiger partial charge in [-0.15, -0.1) is 0 Å². The Kier molecular flexibility index (Phi) is 2.83. The average molecular weight is 289 g/mol. The fourth-order valence-corrected chi connectivity index (χ4v) is 2.32. The summed E-state index contributed by atoms with van der Waals surface area (Å²) < 4.78 is 5.28. The van der Waals surface area contributed by atoms with Crippen LogP contribution in [0.4, 0.5) is 0 Å². The summed E-state index contributed by atoms with van der Waals surface area (Å²) in [5.41, 5.74) is 1.37. The van der Waals surface area contributed by atoms with Crippen molar-refractivity contribution in [3.8, 4) is 0 Å². The highest BCUT2D eigenvalue weighted by atomic mass is 16.4. The Balaban J connectivity index is 1.93. The number of nitrogens with one attached hydrogen (secondary N) is 1. The van der Waals surface area contributed by atoms with E-state index in [9.17, 15) is 4.79 Å². The van der Waals surface area contributed by atoms with E-state index in [0.29, 0.717) is 16.6 Å². The van der Waals surface area contributed by atoms with Gasteiger partial charge in [-0.25, -0.2) is 9.79 Å². The van der Waals surface area contributed by atoms with E-state index >= 15 is 0 Å². The molecule has 4 rings (SSSR count). The zero-order valence-electron chi connectivity index (χ0n) is 11.5. The zero-order valence-corrected chi connectivity index (χ0v) is 11.5. The van der Waals surface area contributed by atoms with Gasteiger partial charge < -0.3 is 9.40 Å². The number of oxazole rings is 1. The summed E-state index contributed by atoms with van der Waals surface area (Å²) in [5.74, 6) is 0. The van der Waals surface area contributed by atoms with Crippen molar-refractivity contribution < 1.29 is 4.42 Å². The lowest BCUT2D eigenvalue weighted by Crippen LogP contribution is -2.21. The van der Waals surface area contributed by atoms with Crippen molar-refractivity contribution in [3.05, 3.63) is 86.2 Å². The summed E-state index contributed by atoms with van der Waals surface area (Å²) in [6.07, 6.45) is 6.94. The second kappa shape index (κ2) is 4.96. The van der Waals surface area contributed by atoms with Crippen molar-refractivity contribution in [2.75, 3.05) is 0 Å². The van der Waals surface area contributed by atoms with Gasteiger partial charge in [0.25, 0.3) is 0 Å². The maximum absolute atomic E-state index is 12.0. The molecule has 1 aliphatic heterocycles. The molecule has 2 aromatic heterocycles. The summed E-state index contributed by atoms with van der Waals surface area (Å²) in [6.45, 7) is 0. The smallest absolute Gasteiger partial charge is 0.361 e. The third kappa shape index (κ3) is 2.18. The van der Waals surface area contributed by atoms with Crippen molar-refractivity contribution in [1.29, 1.82) is 0 Å². The van der Waals surface area contributed by atoms with E-state index in [1.54, 1.807) is 18.5 Å². The Morgan fingerprint density at radius 3 is 2.86 bits per heavy atom. The van der Waals surface area contributed by atoms with Crippen molar-refractivity contribution in [3.63, 3.8) is 0 Å². The first-order chi connectivity index (χ1) is 10.8. The maximum Gasteiger partial charge on any atom is 0.361 e. The Labute approximate surface area is 124 Å². The average Bonchev–Trinajstić information content (AvgIpc) is 3.12. The fourth-order valence-electron chi connectivity index (χ4n) is 2.32. The topological polar surface area (TPSA) is 71.2 Å². The summed E-state index contributed by atoms with van der Waals surface area (Å²) in [5, 5.41) is 2.25. The lowest BCUT2D eigenvalue weighted by Gasteiger charge is -1.86. The van der Waals surface area contributed by atoms with Crippen molar-refractivity contribution in [2.24, 2.45) is 4.99 Å². The molecule has 0 aliphatic carbocycles. The molecule has 3 aromatic rings. The Bertz CT molecular complexity index is 1100. The molecule has 3 heterocycles. The molecular weight excluding hydrogens is 278 g/mol. The molecule has 0 fully saturated rings. The minimum absolute atomic E-state index is 0.358. The predicted molar refractivity (Wildman–Crippen MR) is 81.5 cm³/mol.